The van der Waals surface area contributed by atoms with Crippen LogP contribution in [0.2, 0.25) is 0 Å². The predicted octanol–water partition coefficient (Wildman–Crippen LogP) is 3.05. The zero-order valence-electron chi connectivity index (χ0n) is 16.1. The van der Waals surface area contributed by atoms with Crippen molar-refractivity contribution in [2.45, 2.75) is 13.5 Å². The van der Waals surface area contributed by atoms with E-state index in [1.165, 1.54) is 4.57 Å². The van der Waals surface area contributed by atoms with Crippen LogP contribution in [0.1, 0.15) is 5.82 Å². The molecule has 0 atom stereocenters. The summed E-state index contributed by atoms with van der Waals surface area (Å²) in [6, 6.07) is 21.0. The van der Waals surface area contributed by atoms with Gasteiger partial charge in [0.25, 0.3) is 5.56 Å². The number of hydrogen-bond donors (Lipinski definition) is 1. The Bertz CT molecular complexity index is 1240. The normalized spacial score (nSPS) is 10.9. The van der Waals surface area contributed by atoms with E-state index in [9.17, 15) is 9.59 Å². The number of amides is 1. The van der Waals surface area contributed by atoms with Gasteiger partial charge in [-0.15, -0.1) is 0 Å². The van der Waals surface area contributed by atoms with Gasteiger partial charge in [-0.1, -0.05) is 48.5 Å². The van der Waals surface area contributed by atoms with E-state index in [0.717, 1.165) is 16.5 Å². The van der Waals surface area contributed by atoms with Crippen molar-refractivity contribution >= 4 is 27.6 Å². The molecule has 4 rings (SSSR count). The monoisotopic (exact) mass is 387 g/mol. The second-order valence-corrected chi connectivity index (χ2v) is 6.74. The van der Waals surface area contributed by atoms with Crippen molar-refractivity contribution in [1.82, 2.24) is 14.9 Å². The Labute approximate surface area is 167 Å². The van der Waals surface area contributed by atoms with Gasteiger partial charge in [-0.3, -0.25) is 14.2 Å². The molecule has 0 saturated carbocycles. The Morgan fingerprint density at radius 1 is 1.00 bits per heavy atom. The molecule has 0 radical (unpaired) electrons. The Kier molecular flexibility index (Phi) is 5.24. The van der Waals surface area contributed by atoms with Crippen LogP contribution in [0.3, 0.4) is 0 Å². The summed E-state index contributed by atoms with van der Waals surface area (Å²) in [5.74, 6) is 1.03. The van der Waals surface area contributed by atoms with Gasteiger partial charge in [0.1, 0.15) is 24.7 Å². The standard InChI is InChI=1S/C23H21N3O3/c1-16-25-20-11-5-4-10-19(20)23(28)26(16)15-22(27)24-13-14-29-21-12-6-8-17-7-2-3-9-18(17)21/h2-12H,13-15H2,1H3,(H,24,27). The molecule has 0 saturated heterocycles. The second kappa shape index (κ2) is 8.14. The Balaban J connectivity index is 1.37. The van der Waals surface area contributed by atoms with E-state index in [1.54, 1.807) is 25.1 Å². The molecule has 29 heavy (non-hydrogen) atoms. The smallest absolute Gasteiger partial charge is 0.261 e. The van der Waals surface area contributed by atoms with Crippen molar-refractivity contribution in [2.24, 2.45) is 0 Å². The summed E-state index contributed by atoms with van der Waals surface area (Å²) in [6.45, 7) is 2.34. The molecule has 146 valence electrons. The first-order valence-electron chi connectivity index (χ1n) is 9.47. The molecule has 1 aromatic heterocycles. The average molecular weight is 387 g/mol. The van der Waals surface area contributed by atoms with Crippen LogP contribution in [-0.4, -0.2) is 28.6 Å². The van der Waals surface area contributed by atoms with Crippen LogP contribution in [0.4, 0.5) is 0 Å². The lowest BCUT2D eigenvalue weighted by molar-refractivity contribution is -0.121. The maximum Gasteiger partial charge on any atom is 0.261 e. The van der Waals surface area contributed by atoms with E-state index in [1.807, 2.05) is 48.5 Å². The van der Waals surface area contributed by atoms with E-state index in [0.29, 0.717) is 29.9 Å². The van der Waals surface area contributed by atoms with Crippen molar-refractivity contribution in [2.75, 3.05) is 13.2 Å². The number of nitrogens with one attached hydrogen (secondary N) is 1. The predicted molar refractivity (Wildman–Crippen MR) is 113 cm³/mol. The molecule has 3 aromatic carbocycles. The number of aromatic nitrogens is 2. The van der Waals surface area contributed by atoms with E-state index >= 15 is 0 Å². The Morgan fingerprint density at radius 2 is 1.72 bits per heavy atom. The lowest BCUT2D eigenvalue weighted by Gasteiger charge is -2.12. The number of ether oxygens (including phenoxy) is 1. The third kappa shape index (κ3) is 3.96. The van der Waals surface area contributed by atoms with Gasteiger partial charge >= 0.3 is 0 Å². The summed E-state index contributed by atoms with van der Waals surface area (Å²) >= 11 is 0. The zero-order valence-corrected chi connectivity index (χ0v) is 16.1. The van der Waals surface area contributed by atoms with Gasteiger partial charge < -0.3 is 10.1 Å². The van der Waals surface area contributed by atoms with Gasteiger partial charge in [0.2, 0.25) is 5.91 Å². The quantitative estimate of drug-likeness (QED) is 0.516. The SMILES string of the molecule is Cc1nc2ccccc2c(=O)n1CC(=O)NCCOc1cccc2ccccc12. The van der Waals surface area contributed by atoms with Crippen LogP contribution in [-0.2, 0) is 11.3 Å². The number of carbonyl (C=O) groups excluding carboxylic acids is 1. The minimum absolute atomic E-state index is 0.0727. The molecule has 6 heteroatoms. The van der Waals surface area contributed by atoms with Crippen LogP contribution in [0.15, 0.2) is 71.5 Å². The van der Waals surface area contributed by atoms with E-state index in [-0.39, 0.29) is 18.0 Å². The van der Waals surface area contributed by atoms with Gasteiger partial charge in [-0.2, -0.15) is 0 Å². The van der Waals surface area contributed by atoms with Crippen molar-refractivity contribution in [3.8, 4) is 5.75 Å². The van der Waals surface area contributed by atoms with Crippen molar-refractivity contribution < 1.29 is 9.53 Å². The van der Waals surface area contributed by atoms with Gasteiger partial charge in [0, 0.05) is 5.39 Å². The maximum atomic E-state index is 12.6. The molecule has 6 nitrogen and oxygen atoms in total. The highest BCUT2D eigenvalue weighted by atomic mass is 16.5. The lowest BCUT2D eigenvalue weighted by atomic mass is 10.1. The van der Waals surface area contributed by atoms with Gasteiger partial charge in [0.05, 0.1) is 17.4 Å². The Morgan fingerprint density at radius 3 is 2.59 bits per heavy atom. The third-order valence-corrected chi connectivity index (χ3v) is 4.79. The van der Waals surface area contributed by atoms with Crippen LogP contribution in [0.5, 0.6) is 5.75 Å². The number of hydrogen-bond acceptors (Lipinski definition) is 4. The van der Waals surface area contributed by atoms with E-state index in [4.69, 9.17) is 4.74 Å². The molecular formula is C23H21N3O3. The highest BCUT2D eigenvalue weighted by molar-refractivity contribution is 5.88. The summed E-state index contributed by atoms with van der Waals surface area (Å²) in [5.41, 5.74) is 0.422. The summed E-state index contributed by atoms with van der Waals surface area (Å²) in [7, 11) is 0. The third-order valence-electron chi connectivity index (χ3n) is 4.79. The van der Waals surface area contributed by atoms with Crippen LogP contribution < -0.4 is 15.6 Å². The fourth-order valence-corrected chi connectivity index (χ4v) is 3.34. The topological polar surface area (TPSA) is 73.2 Å². The fourth-order valence-electron chi connectivity index (χ4n) is 3.34. The maximum absolute atomic E-state index is 12.6. The molecule has 0 aliphatic heterocycles. The van der Waals surface area contributed by atoms with Gasteiger partial charge in [-0.05, 0) is 30.5 Å². The number of carbonyl (C=O) groups is 1. The highest BCUT2D eigenvalue weighted by Crippen LogP contribution is 2.24. The molecule has 0 fully saturated rings. The van der Waals surface area contributed by atoms with Crippen molar-refractivity contribution in [3.63, 3.8) is 0 Å². The molecule has 0 aliphatic carbocycles. The number of benzene rings is 3. The van der Waals surface area contributed by atoms with E-state index < -0.39 is 0 Å². The van der Waals surface area contributed by atoms with Crippen LogP contribution in [0.25, 0.3) is 21.7 Å². The number of aryl methyl sites for hydroxylation is 1. The summed E-state index contributed by atoms with van der Waals surface area (Å²) in [6.07, 6.45) is 0. The Hall–Kier alpha value is -3.67. The highest BCUT2D eigenvalue weighted by Gasteiger charge is 2.11. The number of para-hydroxylation sites is 1. The second-order valence-electron chi connectivity index (χ2n) is 6.74. The molecule has 0 bridgehead atoms. The summed E-state index contributed by atoms with van der Waals surface area (Å²) < 4.78 is 7.22. The van der Waals surface area contributed by atoms with E-state index in [2.05, 4.69) is 10.3 Å². The fraction of sp³-hybridized carbons (Fsp3) is 0.174. The first kappa shape index (κ1) is 18.7. The van der Waals surface area contributed by atoms with Crippen LogP contribution in [0, 0.1) is 6.92 Å². The molecule has 0 spiro atoms. The minimum Gasteiger partial charge on any atom is -0.491 e. The first-order valence-corrected chi connectivity index (χ1v) is 9.47. The number of nitrogens with zero attached hydrogens (tertiary/aromatic N) is 2. The van der Waals surface area contributed by atoms with Crippen molar-refractivity contribution in [3.05, 3.63) is 82.9 Å². The average Bonchev–Trinajstić information content (AvgIpc) is 2.74. The molecule has 4 aromatic rings. The van der Waals surface area contributed by atoms with Crippen molar-refractivity contribution in [1.29, 1.82) is 0 Å². The summed E-state index contributed by atoms with van der Waals surface area (Å²) in [4.78, 5) is 29.4. The first-order chi connectivity index (χ1) is 14.1. The van der Waals surface area contributed by atoms with Crippen LogP contribution >= 0.6 is 0 Å². The largest absolute Gasteiger partial charge is 0.491 e. The lowest BCUT2D eigenvalue weighted by Crippen LogP contribution is -2.35. The molecule has 1 N–H and O–H groups in total. The molecule has 0 unspecified atom stereocenters. The molecular weight excluding hydrogens is 366 g/mol. The number of fused-ring (bicyclic) bond motifs is 2. The molecule has 1 heterocycles. The van der Waals surface area contributed by atoms with Gasteiger partial charge in [0.15, 0.2) is 0 Å². The zero-order chi connectivity index (χ0) is 20.2. The summed E-state index contributed by atoms with van der Waals surface area (Å²) in [5, 5.41) is 5.44. The molecule has 0 aliphatic rings. The molecule has 1 amide bonds. The van der Waals surface area contributed by atoms with Gasteiger partial charge in [-0.25, -0.2) is 4.98 Å². The number of rotatable bonds is 6. The minimum atomic E-state index is -0.256.